The van der Waals surface area contributed by atoms with E-state index in [0.717, 1.165) is 0 Å². The molecular weight excluding hydrogens is 157 g/mol. The monoisotopic (exact) mass is 169 g/mol. The van der Waals surface area contributed by atoms with E-state index in [1.54, 1.807) is 19.9 Å². The molecule has 0 aliphatic rings. The van der Waals surface area contributed by atoms with Crippen molar-refractivity contribution in [1.29, 1.82) is 0 Å². The van der Waals surface area contributed by atoms with Crippen LogP contribution in [0.25, 0.3) is 0 Å². The van der Waals surface area contributed by atoms with E-state index in [0.29, 0.717) is 22.6 Å². The Hall–Kier alpha value is -1.25. The smallest absolute Gasteiger partial charge is 0.134 e. The van der Waals surface area contributed by atoms with Crippen molar-refractivity contribution in [1.82, 2.24) is 0 Å². The maximum atomic E-state index is 13.3. The normalized spacial score (nSPS) is 10.0. The highest BCUT2D eigenvalue weighted by molar-refractivity contribution is 5.55. The molecule has 0 saturated carbocycles. The lowest BCUT2D eigenvalue weighted by Crippen LogP contribution is -1.98. The Kier molecular flexibility index (Phi) is 2.22. The quantitative estimate of drug-likeness (QED) is 0.653. The summed E-state index contributed by atoms with van der Waals surface area (Å²) in [5, 5.41) is 0. The summed E-state index contributed by atoms with van der Waals surface area (Å²) in [5.41, 5.74) is 6.96. The molecule has 0 bridgehead atoms. The minimum atomic E-state index is -0.285. The molecule has 0 aliphatic carbocycles. The molecule has 12 heavy (non-hydrogen) atoms. The molecule has 0 atom stereocenters. The first-order valence-corrected chi connectivity index (χ1v) is 3.67. The van der Waals surface area contributed by atoms with Gasteiger partial charge in [-0.1, -0.05) is 0 Å². The van der Waals surface area contributed by atoms with Gasteiger partial charge in [0.15, 0.2) is 0 Å². The van der Waals surface area contributed by atoms with Gasteiger partial charge in [0.1, 0.15) is 11.6 Å². The Morgan fingerprint density at radius 3 is 2.42 bits per heavy atom. The molecule has 0 unspecified atom stereocenters. The van der Waals surface area contributed by atoms with E-state index in [9.17, 15) is 4.39 Å². The second kappa shape index (κ2) is 3.01. The predicted molar refractivity (Wildman–Crippen MR) is 46.8 cm³/mol. The van der Waals surface area contributed by atoms with Gasteiger partial charge in [-0.05, 0) is 13.8 Å². The lowest BCUT2D eigenvalue weighted by atomic mass is 10.1. The highest BCUT2D eigenvalue weighted by atomic mass is 19.1. The number of rotatable bonds is 1. The van der Waals surface area contributed by atoms with E-state index in [4.69, 9.17) is 10.5 Å². The topological polar surface area (TPSA) is 35.2 Å². The van der Waals surface area contributed by atoms with Gasteiger partial charge in [0.2, 0.25) is 0 Å². The van der Waals surface area contributed by atoms with Crippen molar-refractivity contribution in [3.05, 3.63) is 23.0 Å². The molecule has 0 fully saturated rings. The Morgan fingerprint density at radius 2 is 1.92 bits per heavy atom. The third-order valence-corrected chi connectivity index (χ3v) is 1.97. The second-order valence-corrected chi connectivity index (χ2v) is 2.73. The number of methoxy groups -OCH3 is 1. The van der Waals surface area contributed by atoms with Gasteiger partial charge in [0.25, 0.3) is 0 Å². The van der Waals surface area contributed by atoms with E-state index in [1.807, 2.05) is 0 Å². The summed E-state index contributed by atoms with van der Waals surface area (Å²) in [7, 11) is 1.50. The van der Waals surface area contributed by atoms with E-state index in [1.165, 1.54) is 7.11 Å². The molecule has 0 heterocycles. The van der Waals surface area contributed by atoms with Crippen molar-refractivity contribution in [3.63, 3.8) is 0 Å². The summed E-state index contributed by atoms with van der Waals surface area (Å²) in [6.45, 7) is 3.32. The van der Waals surface area contributed by atoms with Crippen LogP contribution < -0.4 is 10.5 Å². The number of ether oxygens (including phenoxy) is 1. The molecule has 3 heteroatoms. The SMILES string of the molecule is COc1cc(N)c(C)c(F)c1C. The molecule has 1 rings (SSSR count). The fourth-order valence-electron chi connectivity index (χ4n) is 1.09. The summed E-state index contributed by atoms with van der Waals surface area (Å²) in [4.78, 5) is 0. The van der Waals surface area contributed by atoms with Gasteiger partial charge >= 0.3 is 0 Å². The number of hydrogen-bond donors (Lipinski definition) is 1. The fraction of sp³-hybridized carbons (Fsp3) is 0.333. The number of anilines is 1. The van der Waals surface area contributed by atoms with Crippen LogP contribution >= 0.6 is 0 Å². The van der Waals surface area contributed by atoms with Crippen LogP contribution in [0.5, 0.6) is 5.75 Å². The molecule has 0 amide bonds. The Labute approximate surface area is 71.1 Å². The first-order valence-electron chi connectivity index (χ1n) is 3.67. The zero-order valence-electron chi connectivity index (χ0n) is 7.44. The Balaban J connectivity index is 3.39. The van der Waals surface area contributed by atoms with Gasteiger partial charge in [-0.15, -0.1) is 0 Å². The molecule has 66 valence electrons. The first kappa shape index (κ1) is 8.84. The molecule has 0 spiro atoms. The van der Waals surface area contributed by atoms with Crippen LogP contribution in [0.3, 0.4) is 0 Å². The zero-order chi connectivity index (χ0) is 9.30. The molecule has 2 N–H and O–H groups in total. The third-order valence-electron chi connectivity index (χ3n) is 1.97. The van der Waals surface area contributed by atoms with Gasteiger partial charge in [-0.3, -0.25) is 0 Å². The summed E-state index contributed by atoms with van der Waals surface area (Å²) in [6.07, 6.45) is 0. The van der Waals surface area contributed by atoms with Crippen LogP contribution in [0.4, 0.5) is 10.1 Å². The molecular formula is C9H12FNO. The van der Waals surface area contributed by atoms with Crippen LogP contribution in [0, 0.1) is 19.7 Å². The average molecular weight is 169 g/mol. The van der Waals surface area contributed by atoms with E-state index in [-0.39, 0.29) is 5.82 Å². The van der Waals surface area contributed by atoms with Crippen LogP contribution in [0.1, 0.15) is 11.1 Å². The molecule has 0 aromatic heterocycles. The fourth-order valence-corrected chi connectivity index (χ4v) is 1.09. The maximum absolute atomic E-state index is 13.3. The molecule has 2 nitrogen and oxygen atoms in total. The number of nitrogen functional groups attached to an aromatic ring is 1. The number of benzene rings is 1. The minimum Gasteiger partial charge on any atom is -0.496 e. The van der Waals surface area contributed by atoms with E-state index in [2.05, 4.69) is 0 Å². The number of hydrogen-bond acceptors (Lipinski definition) is 2. The summed E-state index contributed by atoms with van der Waals surface area (Å²) in [6, 6.07) is 1.63. The molecule has 0 aliphatic heterocycles. The van der Waals surface area contributed by atoms with Crippen LogP contribution in [0.15, 0.2) is 6.07 Å². The van der Waals surface area contributed by atoms with Crippen molar-refractivity contribution < 1.29 is 9.13 Å². The van der Waals surface area contributed by atoms with Crippen molar-refractivity contribution >= 4 is 5.69 Å². The lowest BCUT2D eigenvalue weighted by molar-refractivity contribution is 0.407. The minimum absolute atomic E-state index is 0.285. The molecule has 1 aromatic carbocycles. The van der Waals surface area contributed by atoms with Crippen LogP contribution in [-0.4, -0.2) is 7.11 Å². The van der Waals surface area contributed by atoms with E-state index >= 15 is 0 Å². The third kappa shape index (κ3) is 1.22. The number of halogens is 1. The van der Waals surface area contributed by atoms with Gasteiger partial charge < -0.3 is 10.5 Å². The highest BCUT2D eigenvalue weighted by Crippen LogP contribution is 2.27. The largest absolute Gasteiger partial charge is 0.496 e. The molecule has 0 saturated heterocycles. The van der Waals surface area contributed by atoms with Crippen molar-refractivity contribution in [2.75, 3.05) is 12.8 Å². The lowest BCUT2D eigenvalue weighted by Gasteiger charge is -2.09. The van der Waals surface area contributed by atoms with Gasteiger partial charge in [-0.25, -0.2) is 4.39 Å². The van der Waals surface area contributed by atoms with Gasteiger partial charge in [-0.2, -0.15) is 0 Å². The standard InChI is InChI=1S/C9H12FNO/c1-5-7(11)4-8(12-3)6(2)9(5)10/h4H,11H2,1-3H3. The van der Waals surface area contributed by atoms with Crippen LogP contribution in [-0.2, 0) is 0 Å². The molecule has 1 aromatic rings. The predicted octanol–water partition coefficient (Wildman–Crippen LogP) is 2.03. The Bertz CT molecular complexity index is 310. The zero-order valence-corrected chi connectivity index (χ0v) is 7.44. The van der Waals surface area contributed by atoms with Crippen molar-refractivity contribution in [2.45, 2.75) is 13.8 Å². The summed E-state index contributed by atoms with van der Waals surface area (Å²) >= 11 is 0. The number of nitrogens with two attached hydrogens (primary N) is 1. The first-order chi connectivity index (χ1) is 5.57. The van der Waals surface area contributed by atoms with Crippen molar-refractivity contribution in [2.24, 2.45) is 0 Å². The molecule has 0 radical (unpaired) electrons. The Morgan fingerprint density at radius 1 is 1.33 bits per heavy atom. The second-order valence-electron chi connectivity index (χ2n) is 2.73. The summed E-state index contributed by atoms with van der Waals surface area (Å²) in [5.74, 6) is 0.211. The average Bonchev–Trinajstić information content (AvgIpc) is 2.08. The highest BCUT2D eigenvalue weighted by Gasteiger charge is 2.10. The van der Waals surface area contributed by atoms with Crippen LogP contribution in [0.2, 0.25) is 0 Å². The maximum Gasteiger partial charge on any atom is 0.134 e. The summed E-state index contributed by atoms with van der Waals surface area (Å²) < 4.78 is 18.2. The van der Waals surface area contributed by atoms with Crippen molar-refractivity contribution in [3.8, 4) is 5.75 Å². The van der Waals surface area contributed by atoms with E-state index < -0.39 is 0 Å². The van der Waals surface area contributed by atoms with Gasteiger partial charge in [0, 0.05) is 22.9 Å². The van der Waals surface area contributed by atoms with Gasteiger partial charge in [0.05, 0.1) is 7.11 Å².